The Morgan fingerprint density at radius 2 is 1.90 bits per heavy atom. The van der Waals surface area contributed by atoms with Gasteiger partial charge in [-0.15, -0.1) is 0 Å². The van der Waals surface area contributed by atoms with E-state index in [1.807, 2.05) is 6.92 Å². The van der Waals surface area contributed by atoms with Crippen molar-refractivity contribution in [1.82, 2.24) is 0 Å². The van der Waals surface area contributed by atoms with Gasteiger partial charge in [0.15, 0.2) is 0 Å². The van der Waals surface area contributed by atoms with Gasteiger partial charge in [-0.3, -0.25) is 0 Å². The molecule has 1 atom stereocenters. The van der Waals surface area contributed by atoms with Crippen LogP contribution in [0.15, 0.2) is 0 Å². The highest BCUT2D eigenvalue weighted by atomic mass is 16.5. The second-order valence-corrected chi connectivity index (χ2v) is 3.63. The highest BCUT2D eigenvalue weighted by molar-refractivity contribution is 4.75. The van der Waals surface area contributed by atoms with Gasteiger partial charge >= 0.3 is 0 Å². The smallest absolute Gasteiger partial charge is 0.0622 e. The first-order chi connectivity index (χ1) is 4.48. The van der Waals surface area contributed by atoms with Gasteiger partial charge in [-0.1, -0.05) is 20.8 Å². The van der Waals surface area contributed by atoms with Crippen LogP contribution in [0.1, 0.15) is 27.7 Å². The van der Waals surface area contributed by atoms with Crippen molar-refractivity contribution in [2.45, 2.75) is 33.7 Å². The van der Waals surface area contributed by atoms with Crippen LogP contribution < -0.4 is 5.73 Å². The van der Waals surface area contributed by atoms with Gasteiger partial charge in [0.25, 0.3) is 0 Å². The molecule has 0 aromatic rings. The molecule has 0 rings (SSSR count). The normalized spacial score (nSPS) is 15.3. The number of nitrogens with two attached hydrogens (primary N) is 1. The Hall–Kier alpha value is -0.0800. The van der Waals surface area contributed by atoms with E-state index in [4.69, 9.17) is 10.5 Å². The van der Waals surface area contributed by atoms with E-state index in [-0.39, 0.29) is 11.5 Å². The highest BCUT2D eigenvalue weighted by Crippen LogP contribution is 2.16. The second-order valence-electron chi connectivity index (χ2n) is 3.63. The molecule has 0 aliphatic rings. The summed E-state index contributed by atoms with van der Waals surface area (Å²) in [5, 5.41) is 0. The van der Waals surface area contributed by atoms with Crippen LogP contribution in [0.3, 0.4) is 0 Å². The van der Waals surface area contributed by atoms with E-state index in [2.05, 4.69) is 20.8 Å². The van der Waals surface area contributed by atoms with Crippen molar-refractivity contribution in [1.29, 1.82) is 0 Å². The van der Waals surface area contributed by atoms with E-state index in [0.717, 1.165) is 6.61 Å². The SMILES string of the molecule is CCOC[C@@H](N)C(C)(C)C. The van der Waals surface area contributed by atoms with E-state index in [1.165, 1.54) is 0 Å². The summed E-state index contributed by atoms with van der Waals surface area (Å²) in [5.74, 6) is 0. The number of hydrogen-bond acceptors (Lipinski definition) is 2. The van der Waals surface area contributed by atoms with Gasteiger partial charge in [-0.25, -0.2) is 0 Å². The van der Waals surface area contributed by atoms with E-state index in [0.29, 0.717) is 6.61 Å². The van der Waals surface area contributed by atoms with Crippen LogP contribution in [0.5, 0.6) is 0 Å². The minimum atomic E-state index is 0.146. The molecular weight excluding hydrogens is 126 g/mol. The maximum atomic E-state index is 5.81. The average Bonchev–Trinajstić information content (AvgIpc) is 1.80. The Morgan fingerprint density at radius 1 is 1.40 bits per heavy atom. The Morgan fingerprint density at radius 3 is 2.20 bits per heavy atom. The van der Waals surface area contributed by atoms with Gasteiger partial charge in [-0.2, -0.15) is 0 Å². The zero-order chi connectivity index (χ0) is 8.20. The summed E-state index contributed by atoms with van der Waals surface area (Å²) in [4.78, 5) is 0. The van der Waals surface area contributed by atoms with E-state index < -0.39 is 0 Å². The molecule has 0 aromatic heterocycles. The predicted molar refractivity (Wildman–Crippen MR) is 43.9 cm³/mol. The lowest BCUT2D eigenvalue weighted by Crippen LogP contribution is -2.39. The third-order valence-corrected chi connectivity index (χ3v) is 1.61. The summed E-state index contributed by atoms with van der Waals surface area (Å²) in [6, 6.07) is 0.146. The molecular formula is C8H19NO. The molecule has 10 heavy (non-hydrogen) atoms. The minimum absolute atomic E-state index is 0.146. The molecule has 0 unspecified atom stereocenters. The van der Waals surface area contributed by atoms with Crippen molar-refractivity contribution in [3.8, 4) is 0 Å². The summed E-state index contributed by atoms with van der Waals surface area (Å²) in [7, 11) is 0. The van der Waals surface area contributed by atoms with E-state index >= 15 is 0 Å². The Balaban J connectivity index is 3.52. The predicted octanol–water partition coefficient (Wildman–Crippen LogP) is 1.40. The quantitative estimate of drug-likeness (QED) is 0.651. The summed E-state index contributed by atoms with van der Waals surface area (Å²) in [5.41, 5.74) is 5.97. The molecule has 0 fully saturated rings. The lowest BCUT2D eigenvalue weighted by molar-refractivity contribution is 0.0997. The molecule has 2 N–H and O–H groups in total. The summed E-state index contributed by atoms with van der Waals surface area (Å²) in [6.45, 7) is 9.77. The largest absolute Gasteiger partial charge is 0.380 e. The average molecular weight is 145 g/mol. The third-order valence-electron chi connectivity index (χ3n) is 1.61. The van der Waals surface area contributed by atoms with Gasteiger partial charge in [0.05, 0.1) is 6.61 Å². The van der Waals surface area contributed by atoms with Crippen LogP contribution in [0.2, 0.25) is 0 Å². The fraction of sp³-hybridized carbons (Fsp3) is 1.00. The monoisotopic (exact) mass is 145 g/mol. The molecule has 0 aromatic carbocycles. The van der Waals surface area contributed by atoms with Gasteiger partial charge in [0.2, 0.25) is 0 Å². The lowest BCUT2D eigenvalue weighted by Gasteiger charge is -2.26. The first kappa shape index (κ1) is 9.92. The van der Waals surface area contributed by atoms with Gasteiger partial charge in [0.1, 0.15) is 0 Å². The van der Waals surface area contributed by atoms with Crippen LogP contribution >= 0.6 is 0 Å². The molecule has 0 aliphatic heterocycles. The van der Waals surface area contributed by atoms with E-state index in [9.17, 15) is 0 Å². The second kappa shape index (κ2) is 3.94. The van der Waals surface area contributed by atoms with Crippen LogP contribution in [0.25, 0.3) is 0 Å². The molecule has 0 saturated carbocycles. The molecule has 0 bridgehead atoms. The van der Waals surface area contributed by atoms with Crippen molar-refractivity contribution in [3.05, 3.63) is 0 Å². The molecule has 62 valence electrons. The maximum absolute atomic E-state index is 5.81. The number of hydrogen-bond donors (Lipinski definition) is 1. The van der Waals surface area contributed by atoms with E-state index in [1.54, 1.807) is 0 Å². The lowest BCUT2D eigenvalue weighted by atomic mass is 9.88. The first-order valence-corrected chi connectivity index (χ1v) is 3.81. The first-order valence-electron chi connectivity index (χ1n) is 3.81. The third kappa shape index (κ3) is 3.85. The molecule has 0 amide bonds. The summed E-state index contributed by atoms with van der Waals surface area (Å²) in [6.07, 6.45) is 0. The minimum Gasteiger partial charge on any atom is -0.380 e. The van der Waals surface area contributed by atoms with Crippen molar-refractivity contribution in [2.24, 2.45) is 11.1 Å². The van der Waals surface area contributed by atoms with Crippen LogP contribution in [-0.4, -0.2) is 19.3 Å². The fourth-order valence-electron chi connectivity index (χ4n) is 0.495. The molecule has 0 saturated heterocycles. The van der Waals surface area contributed by atoms with Crippen LogP contribution in [0, 0.1) is 5.41 Å². The zero-order valence-corrected chi connectivity index (χ0v) is 7.48. The van der Waals surface area contributed by atoms with Crippen LogP contribution in [-0.2, 0) is 4.74 Å². The topological polar surface area (TPSA) is 35.2 Å². The van der Waals surface area contributed by atoms with Crippen molar-refractivity contribution >= 4 is 0 Å². The summed E-state index contributed by atoms with van der Waals surface area (Å²) < 4.78 is 5.20. The maximum Gasteiger partial charge on any atom is 0.0622 e. The highest BCUT2D eigenvalue weighted by Gasteiger charge is 2.19. The molecule has 0 radical (unpaired) electrons. The zero-order valence-electron chi connectivity index (χ0n) is 7.48. The van der Waals surface area contributed by atoms with Gasteiger partial charge in [-0.05, 0) is 12.3 Å². The molecule has 0 heterocycles. The fourth-order valence-corrected chi connectivity index (χ4v) is 0.495. The van der Waals surface area contributed by atoms with Crippen molar-refractivity contribution in [2.75, 3.05) is 13.2 Å². The Kier molecular flexibility index (Phi) is 3.91. The molecule has 0 aliphatic carbocycles. The van der Waals surface area contributed by atoms with Crippen molar-refractivity contribution in [3.63, 3.8) is 0 Å². The molecule has 2 heteroatoms. The standard InChI is InChI=1S/C8H19NO/c1-5-10-6-7(9)8(2,3)4/h7H,5-6,9H2,1-4H3/t7-/m1/s1. The Labute approximate surface area is 63.7 Å². The van der Waals surface area contributed by atoms with Crippen molar-refractivity contribution < 1.29 is 4.74 Å². The number of rotatable bonds is 3. The molecule has 0 spiro atoms. The van der Waals surface area contributed by atoms with Gasteiger partial charge in [0, 0.05) is 12.6 Å². The summed E-state index contributed by atoms with van der Waals surface area (Å²) >= 11 is 0. The number of ether oxygens (including phenoxy) is 1. The van der Waals surface area contributed by atoms with Crippen LogP contribution in [0.4, 0.5) is 0 Å². The molecule has 2 nitrogen and oxygen atoms in total. The Bertz CT molecular complexity index is 85.7. The van der Waals surface area contributed by atoms with Gasteiger partial charge < -0.3 is 10.5 Å².